The van der Waals surface area contributed by atoms with Crippen molar-refractivity contribution in [3.05, 3.63) is 23.3 Å². The fourth-order valence-electron chi connectivity index (χ4n) is 2.74. The Labute approximate surface area is 140 Å². The van der Waals surface area contributed by atoms with Crippen molar-refractivity contribution in [2.75, 3.05) is 6.54 Å². The van der Waals surface area contributed by atoms with Crippen molar-refractivity contribution < 1.29 is 14.7 Å². The number of amides is 1. The largest absolute Gasteiger partial charge is 0.481 e. The predicted molar refractivity (Wildman–Crippen MR) is 87.6 cm³/mol. The number of carboxylic acids is 1. The van der Waals surface area contributed by atoms with Gasteiger partial charge >= 0.3 is 5.97 Å². The lowest BCUT2D eigenvalue weighted by molar-refractivity contribution is -0.141. The topological polar surface area (TPSA) is 109 Å². The number of carbonyl (C=O) groups is 2. The molecule has 2 rings (SSSR count). The molecule has 8 heteroatoms. The summed E-state index contributed by atoms with van der Waals surface area (Å²) >= 11 is 0. The van der Waals surface area contributed by atoms with Crippen LogP contribution in [0.1, 0.15) is 43.1 Å². The summed E-state index contributed by atoms with van der Waals surface area (Å²) in [6.45, 7) is 5.90. The van der Waals surface area contributed by atoms with E-state index in [0.717, 1.165) is 23.4 Å². The van der Waals surface area contributed by atoms with E-state index >= 15 is 0 Å². The van der Waals surface area contributed by atoms with Gasteiger partial charge in [-0.3, -0.25) is 9.59 Å². The van der Waals surface area contributed by atoms with Crippen LogP contribution in [0.25, 0.3) is 5.78 Å². The number of aromatic nitrogens is 4. The molecule has 2 aromatic rings. The lowest BCUT2D eigenvalue weighted by atomic mass is 10.0. The van der Waals surface area contributed by atoms with E-state index in [1.807, 2.05) is 20.8 Å². The third-order valence-corrected chi connectivity index (χ3v) is 4.12. The van der Waals surface area contributed by atoms with Gasteiger partial charge in [-0.1, -0.05) is 13.3 Å². The normalized spacial score (nSPS) is 12.3. The van der Waals surface area contributed by atoms with Gasteiger partial charge in [-0.25, -0.2) is 9.50 Å². The van der Waals surface area contributed by atoms with Gasteiger partial charge in [-0.2, -0.15) is 10.1 Å². The Morgan fingerprint density at radius 2 is 2.12 bits per heavy atom. The van der Waals surface area contributed by atoms with E-state index in [1.165, 1.54) is 6.33 Å². The zero-order valence-electron chi connectivity index (χ0n) is 14.2. The van der Waals surface area contributed by atoms with Gasteiger partial charge in [0.05, 0.1) is 5.92 Å². The van der Waals surface area contributed by atoms with Crippen molar-refractivity contribution in [2.45, 2.75) is 46.5 Å². The third-order valence-electron chi connectivity index (χ3n) is 4.12. The predicted octanol–water partition coefficient (Wildman–Crippen LogP) is 1.29. The summed E-state index contributed by atoms with van der Waals surface area (Å²) in [6.07, 6.45) is 3.58. The van der Waals surface area contributed by atoms with Gasteiger partial charge in [0.15, 0.2) is 0 Å². The fourth-order valence-corrected chi connectivity index (χ4v) is 2.74. The molecule has 0 aliphatic rings. The van der Waals surface area contributed by atoms with Crippen LogP contribution < -0.4 is 5.32 Å². The van der Waals surface area contributed by atoms with Crippen LogP contribution in [0.15, 0.2) is 6.33 Å². The van der Waals surface area contributed by atoms with Crippen LogP contribution in [0.2, 0.25) is 0 Å². The Kier molecular flexibility index (Phi) is 5.83. The van der Waals surface area contributed by atoms with Crippen molar-refractivity contribution in [1.29, 1.82) is 0 Å². The highest BCUT2D eigenvalue weighted by molar-refractivity contribution is 5.77. The first kappa shape index (κ1) is 17.8. The molecule has 130 valence electrons. The minimum absolute atomic E-state index is 0.158. The molecule has 8 nitrogen and oxygen atoms in total. The highest BCUT2D eigenvalue weighted by Crippen LogP contribution is 2.15. The van der Waals surface area contributed by atoms with Crippen molar-refractivity contribution in [1.82, 2.24) is 24.9 Å². The zero-order chi connectivity index (χ0) is 17.7. The first-order valence-electron chi connectivity index (χ1n) is 8.09. The number of aryl methyl sites for hydroxylation is 2. The monoisotopic (exact) mass is 333 g/mol. The molecule has 0 radical (unpaired) electrons. The van der Waals surface area contributed by atoms with E-state index in [1.54, 1.807) is 4.52 Å². The second-order valence-corrected chi connectivity index (χ2v) is 5.86. The third kappa shape index (κ3) is 4.06. The minimum atomic E-state index is -0.871. The molecule has 0 saturated heterocycles. The Bertz CT molecular complexity index is 741. The summed E-state index contributed by atoms with van der Waals surface area (Å²) in [7, 11) is 0. The number of hydrogen-bond acceptors (Lipinski definition) is 5. The fraction of sp³-hybridized carbons (Fsp3) is 0.562. The molecular weight excluding hydrogens is 310 g/mol. The molecule has 24 heavy (non-hydrogen) atoms. The highest BCUT2D eigenvalue weighted by Gasteiger charge is 2.18. The van der Waals surface area contributed by atoms with Crippen LogP contribution in [-0.2, 0) is 16.0 Å². The van der Waals surface area contributed by atoms with Crippen LogP contribution in [0.5, 0.6) is 0 Å². The first-order chi connectivity index (χ1) is 11.4. The summed E-state index contributed by atoms with van der Waals surface area (Å²) < 4.78 is 1.65. The van der Waals surface area contributed by atoms with Gasteiger partial charge in [0, 0.05) is 24.4 Å². The zero-order valence-corrected chi connectivity index (χ0v) is 14.2. The number of nitrogens with zero attached hydrogens (tertiary/aromatic N) is 4. The molecule has 0 aromatic carbocycles. The summed E-state index contributed by atoms with van der Waals surface area (Å²) in [5.41, 5.74) is 2.71. The number of aliphatic carboxylic acids is 1. The highest BCUT2D eigenvalue weighted by atomic mass is 16.4. The number of fused-ring (bicyclic) bond motifs is 1. The molecule has 0 aliphatic heterocycles. The second kappa shape index (κ2) is 7.85. The summed E-state index contributed by atoms with van der Waals surface area (Å²) in [6, 6.07) is 0. The minimum Gasteiger partial charge on any atom is -0.481 e. The van der Waals surface area contributed by atoms with Gasteiger partial charge in [-0.05, 0) is 32.3 Å². The molecular formula is C16H23N5O3. The standard InChI is InChI=1S/C16H23N5O3/c1-4-5-12(15(23)24)8-17-14(22)7-6-13-10(2)20-16-18-9-19-21(16)11(13)3/h9,12H,4-8H2,1-3H3,(H,17,22)(H,23,24). The van der Waals surface area contributed by atoms with E-state index in [2.05, 4.69) is 20.4 Å². The number of hydrogen-bond donors (Lipinski definition) is 2. The number of nitrogens with one attached hydrogen (secondary N) is 1. The van der Waals surface area contributed by atoms with Gasteiger partial charge in [0.1, 0.15) is 6.33 Å². The Balaban J connectivity index is 1.95. The number of carbonyl (C=O) groups excluding carboxylic acids is 1. The lowest BCUT2D eigenvalue weighted by Gasteiger charge is -2.13. The molecule has 0 saturated carbocycles. The van der Waals surface area contributed by atoms with Crippen LogP contribution >= 0.6 is 0 Å². The maximum Gasteiger partial charge on any atom is 0.308 e. The quantitative estimate of drug-likeness (QED) is 0.753. The molecule has 0 spiro atoms. The van der Waals surface area contributed by atoms with Crippen molar-refractivity contribution in [3.63, 3.8) is 0 Å². The Morgan fingerprint density at radius 1 is 1.38 bits per heavy atom. The maximum absolute atomic E-state index is 12.0. The second-order valence-electron chi connectivity index (χ2n) is 5.86. The van der Waals surface area contributed by atoms with Gasteiger partial charge in [0.2, 0.25) is 5.91 Å². The molecule has 1 atom stereocenters. The lowest BCUT2D eigenvalue weighted by Crippen LogP contribution is -2.33. The van der Waals surface area contributed by atoms with E-state index in [4.69, 9.17) is 5.11 Å². The SMILES string of the molecule is CCCC(CNC(=O)CCc1c(C)nc2ncnn2c1C)C(=O)O. The van der Waals surface area contributed by atoms with E-state index in [-0.39, 0.29) is 18.9 Å². The Morgan fingerprint density at radius 3 is 2.79 bits per heavy atom. The van der Waals surface area contributed by atoms with E-state index in [0.29, 0.717) is 18.6 Å². The van der Waals surface area contributed by atoms with Crippen LogP contribution in [0.3, 0.4) is 0 Å². The van der Waals surface area contributed by atoms with E-state index < -0.39 is 11.9 Å². The molecule has 1 amide bonds. The molecule has 0 bridgehead atoms. The summed E-state index contributed by atoms with van der Waals surface area (Å²) in [5, 5.41) is 15.9. The van der Waals surface area contributed by atoms with Crippen molar-refractivity contribution in [3.8, 4) is 0 Å². The molecule has 2 N–H and O–H groups in total. The average molecular weight is 333 g/mol. The van der Waals surface area contributed by atoms with Gasteiger partial charge in [-0.15, -0.1) is 0 Å². The van der Waals surface area contributed by atoms with Crippen molar-refractivity contribution >= 4 is 17.7 Å². The molecule has 1 unspecified atom stereocenters. The van der Waals surface area contributed by atoms with Crippen LogP contribution in [0, 0.1) is 19.8 Å². The number of rotatable bonds is 8. The van der Waals surface area contributed by atoms with Crippen LogP contribution in [0.4, 0.5) is 0 Å². The molecule has 0 aliphatic carbocycles. The molecule has 0 fully saturated rings. The maximum atomic E-state index is 12.0. The van der Waals surface area contributed by atoms with Crippen molar-refractivity contribution in [2.24, 2.45) is 5.92 Å². The first-order valence-corrected chi connectivity index (χ1v) is 8.09. The summed E-state index contributed by atoms with van der Waals surface area (Å²) in [5.74, 6) is -1.02. The van der Waals surface area contributed by atoms with Gasteiger partial charge in [0.25, 0.3) is 5.78 Å². The molecule has 2 heterocycles. The summed E-state index contributed by atoms with van der Waals surface area (Å²) in [4.78, 5) is 31.6. The Hall–Kier alpha value is -2.51. The van der Waals surface area contributed by atoms with Gasteiger partial charge < -0.3 is 10.4 Å². The smallest absolute Gasteiger partial charge is 0.308 e. The molecule has 2 aromatic heterocycles. The number of carboxylic acid groups (broad SMARTS) is 1. The van der Waals surface area contributed by atoms with Crippen LogP contribution in [-0.4, -0.2) is 43.1 Å². The average Bonchev–Trinajstić information content (AvgIpc) is 2.99. The van der Waals surface area contributed by atoms with E-state index in [9.17, 15) is 9.59 Å².